The molecule has 1 aliphatic heterocycles. The van der Waals surface area contributed by atoms with Crippen molar-refractivity contribution >= 4 is 17.5 Å². The largest absolute Gasteiger partial charge is 0.489 e. The maximum Gasteiger partial charge on any atom is 0.230 e. The van der Waals surface area contributed by atoms with Crippen molar-refractivity contribution in [3.05, 3.63) is 83.7 Å². The van der Waals surface area contributed by atoms with Gasteiger partial charge in [0, 0.05) is 36.7 Å². The highest BCUT2D eigenvalue weighted by Crippen LogP contribution is 2.62. The zero-order valence-corrected chi connectivity index (χ0v) is 38.5. The summed E-state index contributed by atoms with van der Waals surface area (Å²) >= 11 is 1.95. The minimum Gasteiger partial charge on any atom is -0.489 e. The van der Waals surface area contributed by atoms with Crippen molar-refractivity contribution in [3.8, 4) is 11.5 Å². The van der Waals surface area contributed by atoms with E-state index < -0.39 is 5.79 Å². The molecule has 2 N–H and O–H groups in total. The highest BCUT2D eigenvalue weighted by Gasteiger charge is 2.64. The normalized spacial score (nSPS) is 23.5. The van der Waals surface area contributed by atoms with Gasteiger partial charge in [-0.3, -0.25) is 0 Å². The van der Waals surface area contributed by atoms with Gasteiger partial charge in [-0.05, 0) is 86.5 Å². The van der Waals surface area contributed by atoms with Crippen LogP contribution in [-0.2, 0) is 16.2 Å². The van der Waals surface area contributed by atoms with Crippen molar-refractivity contribution in [1.82, 2.24) is 0 Å². The fraction of sp³-hybridized carbons (Fsp3) is 0.673. The van der Waals surface area contributed by atoms with Gasteiger partial charge in [-0.25, -0.2) is 4.39 Å². The van der Waals surface area contributed by atoms with Gasteiger partial charge in [0.1, 0.15) is 30.5 Å². The predicted octanol–water partition coefficient (Wildman–Crippen LogP) is 13.3. The summed E-state index contributed by atoms with van der Waals surface area (Å²) in [5.74, 6) is 1.40. The first-order chi connectivity index (χ1) is 30.0. The van der Waals surface area contributed by atoms with Crippen LogP contribution in [0.4, 0.5) is 4.39 Å². The number of nitrogens with zero attached hydrogens (tertiary/aromatic N) is 1. The minimum absolute atomic E-state index is 0.0142. The zero-order chi connectivity index (χ0) is 43.1. The lowest BCUT2D eigenvalue weighted by Gasteiger charge is -2.58. The van der Waals surface area contributed by atoms with Crippen LogP contribution in [0.25, 0.3) is 0 Å². The number of rotatable bonds is 32. The van der Waals surface area contributed by atoms with Crippen LogP contribution >= 0.6 is 11.8 Å². The molecule has 5 rings (SSSR count). The lowest BCUT2D eigenvalue weighted by Crippen LogP contribution is -2.64. The first-order valence-electron chi connectivity index (χ1n) is 24.2. The van der Waals surface area contributed by atoms with E-state index in [4.69, 9.17) is 24.2 Å². The molecule has 9 heteroatoms. The Kier molecular flexibility index (Phi) is 22.1. The summed E-state index contributed by atoms with van der Waals surface area (Å²) < 4.78 is 35.4. The van der Waals surface area contributed by atoms with Crippen molar-refractivity contribution in [3.63, 3.8) is 0 Å². The Balaban J connectivity index is 1.40. The Morgan fingerprint density at radius 1 is 0.852 bits per heavy atom. The molecule has 6 atom stereocenters. The molecule has 340 valence electrons. The van der Waals surface area contributed by atoms with Gasteiger partial charge in [-0.1, -0.05) is 139 Å². The number of unbranched alkanes of at least 4 members (excludes halogenated alkanes) is 15. The number of hydrogen-bond acceptors (Lipinski definition) is 8. The third kappa shape index (κ3) is 14.1. The van der Waals surface area contributed by atoms with Gasteiger partial charge in [-0.15, -0.1) is 6.58 Å². The number of allylic oxidation sites excluding steroid dienone is 1. The summed E-state index contributed by atoms with van der Waals surface area (Å²) in [7, 11) is 0. The minimum atomic E-state index is -0.982. The van der Waals surface area contributed by atoms with E-state index in [2.05, 4.69) is 25.6 Å². The van der Waals surface area contributed by atoms with Gasteiger partial charge in [-0.2, -0.15) is 11.8 Å². The smallest absolute Gasteiger partial charge is 0.230 e. The monoisotopic (exact) mass is 864 g/mol. The van der Waals surface area contributed by atoms with E-state index in [0.29, 0.717) is 30.9 Å². The van der Waals surface area contributed by atoms with Gasteiger partial charge >= 0.3 is 0 Å². The lowest BCUT2D eigenvalue weighted by molar-refractivity contribution is -0.223. The van der Waals surface area contributed by atoms with Crippen LogP contribution in [-0.4, -0.2) is 59.1 Å². The molecule has 6 unspecified atom stereocenters. The molecule has 2 aromatic rings. The van der Waals surface area contributed by atoms with Crippen LogP contribution in [0.1, 0.15) is 166 Å². The zero-order valence-electron chi connectivity index (χ0n) is 37.6. The van der Waals surface area contributed by atoms with Crippen LogP contribution in [0.15, 0.2) is 71.9 Å². The van der Waals surface area contributed by atoms with Crippen molar-refractivity contribution < 1.29 is 33.7 Å². The van der Waals surface area contributed by atoms with Crippen molar-refractivity contribution in [1.29, 1.82) is 0 Å². The number of benzene rings is 2. The highest BCUT2D eigenvalue weighted by molar-refractivity contribution is 8.00. The quantitative estimate of drug-likeness (QED) is 0.0430. The summed E-state index contributed by atoms with van der Waals surface area (Å²) in [6.07, 6.45) is 28.7. The SMILES string of the molecule is C=CCOC12Oc3ccc(OCc4ccccc4F)cc3C3C(CCCCO)C(CCCCO)C=C(C(=NOCC)CC1SCCCCCCCCCCCCCCCC)C32. The topological polar surface area (TPSA) is 89.7 Å². The Morgan fingerprint density at radius 2 is 1.52 bits per heavy atom. The predicted molar refractivity (Wildman–Crippen MR) is 250 cm³/mol. The first-order valence-corrected chi connectivity index (χ1v) is 25.2. The van der Waals surface area contributed by atoms with E-state index in [1.165, 1.54) is 89.5 Å². The molecule has 0 aromatic heterocycles. The van der Waals surface area contributed by atoms with Gasteiger partial charge in [0.2, 0.25) is 5.79 Å². The number of hydrogen-bond donors (Lipinski definition) is 2. The third-order valence-electron chi connectivity index (χ3n) is 13.1. The number of oxime groups is 1. The van der Waals surface area contributed by atoms with Gasteiger partial charge in [0.05, 0.1) is 23.5 Å². The van der Waals surface area contributed by atoms with Gasteiger partial charge in [0.25, 0.3) is 0 Å². The lowest BCUT2D eigenvalue weighted by atomic mass is 9.56. The van der Waals surface area contributed by atoms with Crippen LogP contribution < -0.4 is 9.47 Å². The Bertz CT molecular complexity index is 1630. The maximum atomic E-state index is 14.7. The molecule has 0 amide bonds. The second-order valence-electron chi connectivity index (χ2n) is 17.5. The molecule has 61 heavy (non-hydrogen) atoms. The molecule has 1 saturated carbocycles. The van der Waals surface area contributed by atoms with E-state index in [1.807, 2.05) is 43.0 Å². The van der Waals surface area contributed by atoms with Crippen LogP contribution in [0, 0.1) is 23.6 Å². The molecule has 0 bridgehead atoms. The van der Waals surface area contributed by atoms with Crippen molar-refractivity contribution in [2.24, 2.45) is 22.9 Å². The van der Waals surface area contributed by atoms with Gasteiger partial charge < -0.3 is 29.3 Å². The molecule has 7 nitrogen and oxygen atoms in total. The number of fused-ring (bicyclic) bond motifs is 2. The molecule has 3 aliphatic rings. The fourth-order valence-electron chi connectivity index (χ4n) is 10.0. The van der Waals surface area contributed by atoms with E-state index in [0.717, 1.165) is 73.3 Å². The standard InChI is InChI=1S/C52H78FNO6S/c1-4-7-8-9-10-11-12-13-14-15-16-17-18-25-35-61-49-38-47(54-59-6-3)44-36-40(26-21-23-32-55)43(28-22-24-33-56)50-45-37-42(57-39-41-27-19-20-29-46(41)53)30-31-48(45)60-52(49,51(44)50)58-34-5-2/h5,19-20,27,29-31,36-37,40,43,49-51,55-56H,2,4,6-18,21-26,28,32-35,38-39H2,1,3H3. The molecular formula is C52H78FNO6S. The third-order valence-corrected chi connectivity index (χ3v) is 14.5. The molecule has 1 fully saturated rings. The first kappa shape index (κ1) is 49.2. The molecular weight excluding hydrogens is 786 g/mol. The molecule has 2 aliphatic carbocycles. The second-order valence-corrected chi connectivity index (χ2v) is 18.8. The Hall–Kier alpha value is -2.85. The van der Waals surface area contributed by atoms with E-state index >= 15 is 0 Å². The fourth-order valence-corrected chi connectivity index (χ4v) is 11.4. The summed E-state index contributed by atoms with van der Waals surface area (Å²) in [5, 5.41) is 24.5. The average Bonchev–Trinajstić information content (AvgIpc) is 3.27. The average molecular weight is 864 g/mol. The number of aliphatic hydroxyl groups is 2. The maximum absolute atomic E-state index is 14.7. The van der Waals surface area contributed by atoms with Crippen molar-refractivity contribution in [2.45, 2.75) is 172 Å². The second kappa shape index (κ2) is 27.4. The molecule has 2 aromatic carbocycles. The van der Waals surface area contributed by atoms with Crippen LogP contribution in [0.3, 0.4) is 0 Å². The Labute approximate surface area is 372 Å². The van der Waals surface area contributed by atoms with Gasteiger partial charge in [0.15, 0.2) is 0 Å². The number of thioether (sulfide) groups is 1. The number of ether oxygens (including phenoxy) is 3. The van der Waals surface area contributed by atoms with E-state index in [1.54, 1.807) is 12.1 Å². The van der Waals surface area contributed by atoms with Crippen LogP contribution in [0.5, 0.6) is 11.5 Å². The van der Waals surface area contributed by atoms with E-state index in [9.17, 15) is 14.6 Å². The van der Waals surface area contributed by atoms with Crippen molar-refractivity contribution in [2.75, 3.05) is 32.2 Å². The molecule has 1 heterocycles. The molecule has 0 radical (unpaired) electrons. The summed E-state index contributed by atoms with van der Waals surface area (Å²) in [6.45, 7) is 9.58. The van der Waals surface area contributed by atoms with E-state index in [-0.39, 0.29) is 54.6 Å². The molecule has 0 saturated heterocycles. The Morgan fingerprint density at radius 3 is 2.18 bits per heavy atom. The summed E-state index contributed by atoms with van der Waals surface area (Å²) in [4.78, 5) is 5.88. The summed E-state index contributed by atoms with van der Waals surface area (Å²) in [5.41, 5.74) is 3.67. The number of halogens is 1. The van der Waals surface area contributed by atoms with Crippen LogP contribution in [0.2, 0.25) is 0 Å². The highest BCUT2D eigenvalue weighted by atomic mass is 32.2. The summed E-state index contributed by atoms with van der Waals surface area (Å²) in [6, 6.07) is 12.8. The number of aliphatic hydroxyl groups excluding tert-OH is 2. The molecule has 0 spiro atoms.